The van der Waals surface area contributed by atoms with Crippen LogP contribution in [0.5, 0.6) is 0 Å². The second-order valence-corrected chi connectivity index (χ2v) is 8.57. The van der Waals surface area contributed by atoms with Gasteiger partial charge in [0.2, 0.25) is 0 Å². The first-order chi connectivity index (χ1) is 11.3. The quantitative estimate of drug-likeness (QED) is 0.532. The van der Waals surface area contributed by atoms with Gasteiger partial charge in [-0.25, -0.2) is 0 Å². The standard InChI is InChI=1S/C19H37N3O2/c1-5-20-17(22-14-19(23)10-6-7-11-19)21-13-15-9-8-12-24-16(15)18(2,3)4/h15-16,23H,5-14H2,1-4H3,(H2,20,21,22). The van der Waals surface area contributed by atoms with Crippen molar-refractivity contribution in [2.24, 2.45) is 16.3 Å². The highest BCUT2D eigenvalue weighted by Crippen LogP contribution is 2.33. The molecule has 24 heavy (non-hydrogen) atoms. The van der Waals surface area contributed by atoms with Crippen LogP contribution in [-0.4, -0.2) is 49.0 Å². The summed E-state index contributed by atoms with van der Waals surface area (Å²) in [5, 5.41) is 17.3. The van der Waals surface area contributed by atoms with E-state index in [0.717, 1.165) is 57.8 Å². The summed E-state index contributed by atoms with van der Waals surface area (Å²) in [5.41, 5.74) is -0.439. The number of hydrogen-bond acceptors (Lipinski definition) is 3. The Kier molecular flexibility index (Phi) is 6.93. The summed E-state index contributed by atoms with van der Waals surface area (Å²) in [6.45, 7) is 11.9. The van der Waals surface area contributed by atoms with Crippen LogP contribution in [0.15, 0.2) is 4.99 Å². The number of hydrogen-bond donors (Lipinski definition) is 3. The summed E-state index contributed by atoms with van der Waals surface area (Å²) in [4.78, 5) is 4.64. The van der Waals surface area contributed by atoms with Crippen LogP contribution in [0.1, 0.15) is 66.2 Å². The monoisotopic (exact) mass is 339 g/mol. The summed E-state index contributed by atoms with van der Waals surface area (Å²) in [5.74, 6) is 1.31. The van der Waals surface area contributed by atoms with Crippen molar-refractivity contribution in [3.63, 3.8) is 0 Å². The SMILES string of the molecule is CCNC(=NCC1(O)CCCC1)NCC1CCCOC1C(C)(C)C. The largest absolute Gasteiger partial charge is 0.388 e. The highest BCUT2D eigenvalue weighted by atomic mass is 16.5. The van der Waals surface area contributed by atoms with Crippen LogP contribution in [-0.2, 0) is 4.74 Å². The van der Waals surface area contributed by atoms with Gasteiger partial charge in [0, 0.05) is 25.6 Å². The summed E-state index contributed by atoms with van der Waals surface area (Å²) in [7, 11) is 0. The van der Waals surface area contributed by atoms with Crippen molar-refractivity contribution < 1.29 is 9.84 Å². The third kappa shape index (κ3) is 5.62. The van der Waals surface area contributed by atoms with Crippen molar-refractivity contribution in [2.45, 2.75) is 77.9 Å². The molecule has 140 valence electrons. The van der Waals surface area contributed by atoms with Crippen LogP contribution in [0.3, 0.4) is 0 Å². The molecule has 0 amide bonds. The lowest BCUT2D eigenvalue weighted by molar-refractivity contribution is -0.0835. The van der Waals surface area contributed by atoms with E-state index in [-0.39, 0.29) is 11.5 Å². The number of aliphatic hydroxyl groups is 1. The Labute approximate surface area is 147 Å². The molecule has 5 heteroatoms. The minimum Gasteiger partial charge on any atom is -0.388 e. The highest BCUT2D eigenvalue weighted by molar-refractivity contribution is 5.79. The van der Waals surface area contributed by atoms with E-state index >= 15 is 0 Å². The van der Waals surface area contributed by atoms with Gasteiger partial charge in [-0.2, -0.15) is 0 Å². The predicted octanol–water partition coefficient (Wildman–Crippen LogP) is 2.69. The number of aliphatic imine (C=N–C) groups is 1. The highest BCUT2D eigenvalue weighted by Gasteiger charge is 2.35. The number of ether oxygens (including phenoxy) is 1. The topological polar surface area (TPSA) is 65.9 Å². The molecule has 1 aliphatic heterocycles. The molecule has 1 saturated carbocycles. The predicted molar refractivity (Wildman–Crippen MR) is 99.3 cm³/mol. The van der Waals surface area contributed by atoms with E-state index in [4.69, 9.17) is 4.74 Å². The van der Waals surface area contributed by atoms with Gasteiger partial charge in [0.15, 0.2) is 5.96 Å². The normalized spacial score (nSPS) is 28.0. The smallest absolute Gasteiger partial charge is 0.191 e. The molecular formula is C19H37N3O2. The first-order valence-corrected chi connectivity index (χ1v) is 9.70. The maximum absolute atomic E-state index is 10.5. The van der Waals surface area contributed by atoms with Crippen LogP contribution in [0.4, 0.5) is 0 Å². The van der Waals surface area contributed by atoms with Gasteiger partial charge < -0.3 is 20.5 Å². The van der Waals surface area contributed by atoms with Crippen LogP contribution in [0, 0.1) is 11.3 Å². The Morgan fingerprint density at radius 2 is 1.92 bits per heavy atom. The molecule has 0 spiro atoms. The Hall–Kier alpha value is -0.810. The minimum absolute atomic E-state index is 0.154. The first-order valence-electron chi connectivity index (χ1n) is 9.70. The molecule has 0 aromatic heterocycles. The summed E-state index contributed by atoms with van der Waals surface area (Å²) >= 11 is 0. The van der Waals surface area contributed by atoms with Gasteiger partial charge >= 0.3 is 0 Å². The van der Waals surface area contributed by atoms with Crippen molar-refractivity contribution >= 4 is 5.96 Å². The molecule has 2 unspecified atom stereocenters. The molecule has 1 heterocycles. The Morgan fingerprint density at radius 1 is 1.21 bits per heavy atom. The van der Waals surface area contributed by atoms with Crippen molar-refractivity contribution in [3.05, 3.63) is 0 Å². The van der Waals surface area contributed by atoms with E-state index in [1.54, 1.807) is 0 Å². The van der Waals surface area contributed by atoms with Gasteiger partial charge in [0.05, 0.1) is 18.2 Å². The zero-order chi connectivity index (χ0) is 17.6. The van der Waals surface area contributed by atoms with Crippen molar-refractivity contribution in [1.82, 2.24) is 10.6 Å². The second kappa shape index (κ2) is 8.52. The Morgan fingerprint density at radius 3 is 2.54 bits per heavy atom. The van der Waals surface area contributed by atoms with Gasteiger partial charge in [-0.3, -0.25) is 4.99 Å². The lowest BCUT2D eigenvalue weighted by Crippen LogP contribution is -2.47. The van der Waals surface area contributed by atoms with Gasteiger partial charge in [0.1, 0.15) is 0 Å². The lowest BCUT2D eigenvalue weighted by Gasteiger charge is -2.40. The zero-order valence-corrected chi connectivity index (χ0v) is 16.0. The van der Waals surface area contributed by atoms with Crippen LogP contribution < -0.4 is 10.6 Å². The van der Waals surface area contributed by atoms with Crippen LogP contribution in [0.2, 0.25) is 0 Å². The van der Waals surface area contributed by atoms with Crippen LogP contribution in [0.25, 0.3) is 0 Å². The molecule has 2 fully saturated rings. The van der Waals surface area contributed by atoms with Crippen LogP contribution >= 0.6 is 0 Å². The number of guanidine groups is 1. The Balaban J connectivity index is 1.92. The summed E-state index contributed by atoms with van der Waals surface area (Å²) < 4.78 is 6.06. The molecule has 0 aromatic rings. The lowest BCUT2D eigenvalue weighted by atomic mass is 9.78. The maximum atomic E-state index is 10.5. The maximum Gasteiger partial charge on any atom is 0.191 e. The second-order valence-electron chi connectivity index (χ2n) is 8.57. The minimum atomic E-state index is -0.593. The van der Waals surface area contributed by atoms with Gasteiger partial charge in [0.25, 0.3) is 0 Å². The molecule has 5 nitrogen and oxygen atoms in total. The third-order valence-corrected chi connectivity index (χ3v) is 5.24. The van der Waals surface area contributed by atoms with Crippen molar-refractivity contribution in [1.29, 1.82) is 0 Å². The molecule has 0 radical (unpaired) electrons. The fraction of sp³-hybridized carbons (Fsp3) is 0.947. The van der Waals surface area contributed by atoms with Crippen molar-refractivity contribution in [2.75, 3.05) is 26.2 Å². The van der Waals surface area contributed by atoms with E-state index in [9.17, 15) is 5.11 Å². The van der Waals surface area contributed by atoms with E-state index in [0.29, 0.717) is 12.5 Å². The molecule has 0 aromatic carbocycles. The molecular weight excluding hydrogens is 302 g/mol. The fourth-order valence-corrected chi connectivity index (χ4v) is 4.00. The zero-order valence-electron chi connectivity index (χ0n) is 16.0. The van der Waals surface area contributed by atoms with E-state index < -0.39 is 5.60 Å². The summed E-state index contributed by atoms with van der Waals surface area (Å²) in [6.07, 6.45) is 6.58. The average molecular weight is 340 g/mol. The molecule has 2 atom stereocenters. The fourth-order valence-electron chi connectivity index (χ4n) is 4.00. The Bertz CT molecular complexity index is 411. The molecule has 0 bridgehead atoms. The molecule has 2 aliphatic rings. The molecule has 3 N–H and O–H groups in total. The van der Waals surface area contributed by atoms with E-state index in [1.807, 2.05) is 0 Å². The van der Waals surface area contributed by atoms with Crippen molar-refractivity contribution in [3.8, 4) is 0 Å². The first kappa shape index (κ1) is 19.5. The number of nitrogens with one attached hydrogen (secondary N) is 2. The number of rotatable bonds is 5. The molecule has 2 rings (SSSR count). The van der Waals surface area contributed by atoms with Gasteiger partial charge in [-0.15, -0.1) is 0 Å². The van der Waals surface area contributed by atoms with Gasteiger partial charge in [-0.05, 0) is 38.0 Å². The molecule has 1 saturated heterocycles. The third-order valence-electron chi connectivity index (χ3n) is 5.24. The van der Waals surface area contributed by atoms with Gasteiger partial charge in [-0.1, -0.05) is 33.6 Å². The number of nitrogens with zero attached hydrogens (tertiary/aromatic N) is 1. The van der Waals surface area contributed by atoms with E-state index in [1.165, 1.54) is 6.42 Å². The van der Waals surface area contributed by atoms with E-state index in [2.05, 4.69) is 43.3 Å². The molecule has 1 aliphatic carbocycles. The summed E-state index contributed by atoms with van der Waals surface area (Å²) in [6, 6.07) is 0. The average Bonchev–Trinajstić information content (AvgIpc) is 2.96.